The maximum absolute atomic E-state index is 13.5. The van der Waals surface area contributed by atoms with Crippen molar-refractivity contribution in [3.63, 3.8) is 0 Å². The SMILES string of the molecule is COc1cc(C=C2N=C(c3cccc(F)c3)OC2=O)cc(OC)c1OCc1ccccc1Cl. The number of rotatable bonds is 7. The van der Waals surface area contributed by atoms with Crippen molar-refractivity contribution in [2.45, 2.75) is 6.61 Å². The molecule has 33 heavy (non-hydrogen) atoms. The van der Waals surface area contributed by atoms with Crippen LogP contribution < -0.4 is 14.2 Å². The summed E-state index contributed by atoms with van der Waals surface area (Å²) in [6, 6.07) is 16.4. The van der Waals surface area contributed by atoms with Crippen LogP contribution in [0.4, 0.5) is 4.39 Å². The Labute approximate surface area is 194 Å². The van der Waals surface area contributed by atoms with E-state index >= 15 is 0 Å². The number of hydrogen-bond acceptors (Lipinski definition) is 6. The highest BCUT2D eigenvalue weighted by Gasteiger charge is 2.25. The Bertz CT molecular complexity index is 1250. The molecule has 0 aliphatic carbocycles. The lowest BCUT2D eigenvalue weighted by atomic mass is 10.1. The first-order valence-corrected chi connectivity index (χ1v) is 10.3. The first-order chi connectivity index (χ1) is 16.0. The number of ether oxygens (including phenoxy) is 4. The van der Waals surface area contributed by atoms with Crippen molar-refractivity contribution in [3.8, 4) is 17.2 Å². The van der Waals surface area contributed by atoms with Gasteiger partial charge in [-0.1, -0.05) is 35.9 Å². The molecular formula is C25H19ClFNO5. The summed E-state index contributed by atoms with van der Waals surface area (Å²) in [5, 5.41) is 0.587. The molecule has 3 aromatic carbocycles. The zero-order valence-electron chi connectivity index (χ0n) is 17.8. The van der Waals surface area contributed by atoms with E-state index in [9.17, 15) is 9.18 Å². The number of methoxy groups -OCH3 is 2. The molecule has 0 atom stereocenters. The Hall–Kier alpha value is -3.84. The van der Waals surface area contributed by atoms with Gasteiger partial charge in [-0.15, -0.1) is 0 Å². The molecule has 0 bridgehead atoms. The first kappa shape index (κ1) is 22.4. The Kier molecular flexibility index (Phi) is 6.60. The van der Waals surface area contributed by atoms with Crippen LogP contribution in [0.2, 0.25) is 5.02 Å². The number of aliphatic imine (C=N–C) groups is 1. The van der Waals surface area contributed by atoms with Crippen molar-refractivity contribution in [3.05, 3.63) is 93.9 Å². The fourth-order valence-electron chi connectivity index (χ4n) is 3.20. The van der Waals surface area contributed by atoms with Gasteiger partial charge in [0.1, 0.15) is 12.4 Å². The number of benzene rings is 3. The van der Waals surface area contributed by atoms with Gasteiger partial charge in [0, 0.05) is 16.1 Å². The quantitative estimate of drug-likeness (QED) is 0.343. The number of cyclic esters (lactones) is 1. The minimum Gasteiger partial charge on any atom is -0.493 e. The molecule has 0 fully saturated rings. The Morgan fingerprint density at radius 2 is 1.76 bits per heavy atom. The van der Waals surface area contributed by atoms with Gasteiger partial charge >= 0.3 is 5.97 Å². The van der Waals surface area contributed by atoms with Gasteiger partial charge in [0.25, 0.3) is 0 Å². The molecule has 0 radical (unpaired) electrons. The topological polar surface area (TPSA) is 66.4 Å². The average Bonchev–Trinajstić information content (AvgIpc) is 3.18. The van der Waals surface area contributed by atoms with Gasteiger partial charge in [-0.2, -0.15) is 0 Å². The maximum Gasteiger partial charge on any atom is 0.363 e. The van der Waals surface area contributed by atoms with Crippen LogP contribution in [0.3, 0.4) is 0 Å². The van der Waals surface area contributed by atoms with Crippen LogP contribution in [0, 0.1) is 5.82 Å². The molecule has 0 spiro atoms. The second-order valence-electron chi connectivity index (χ2n) is 6.98. The highest BCUT2D eigenvalue weighted by Crippen LogP contribution is 2.40. The molecule has 3 aromatic rings. The molecule has 6 nitrogen and oxygen atoms in total. The van der Waals surface area contributed by atoms with Crippen LogP contribution in [0.1, 0.15) is 16.7 Å². The van der Waals surface area contributed by atoms with Crippen LogP contribution in [-0.2, 0) is 16.1 Å². The van der Waals surface area contributed by atoms with E-state index < -0.39 is 11.8 Å². The van der Waals surface area contributed by atoms with E-state index in [1.807, 2.05) is 18.2 Å². The van der Waals surface area contributed by atoms with E-state index in [4.69, 9.17) is 30.5 Å². The molecule has 0 amide bonds. The maximum atomic E-state index is 13.5. The third-order valence-electron chi connectivity index (χ3n) is 4.81. The highest BCUT2D eigenvalue weighted by molar-refractivity contribution is 6.31. The smallest absolute Gasteiger partial charge is 0.363 e. The summed E-state index contributed by atoms with van der Waals surface area (Å²) >= 11 is 6.21. The molecule has 0 N–H and O–H groups in total. The zero-order chi connectivity index (χ0) is 23.4. The summed E-state index contributed by atoms with van der Waals surface area (Å²) in [4.78, 5) is 16.5. The Balaban J connectivity index is 1.64. The summed E-state index contributed by atoms with van der Waals surface area (Å²) in [7, 11) is 3.00. The summed E-state index contributed by atoms with van der Waals surface area (Å²) in [6.07, 6.45) is 1.53. The van der Waals surface area contributed by atoms with Gasteiger partial charge < -0.3 is 18.9 Å². The first-order valence-electron chi connectivity index (χ1n) is 9.89. The predicted octanol–water partition coefficient (Wildman–Crippen LogP) is 5.42. The number of halogens is 2. The second kappa shape index (κ2) is 9.75. The highest BCUT2D eigenvalue weighted by atomic mass is 35.5. The number of esters is 1. The molecule has 168 valence electrons. The summed E-state index contributed by atoms with van der Waals surface area (Å²) in [5.74, 6) is 0.115. The van der Waals surface area contributed by atoms with Gasteiger partial charge in [-0.25, -0.2) is 14.2 Å². The van der Waals surface area contributed by atoms with E-state index in [-0.39, 0.29) is 18.2 Å². The monoisotopic (exact) mass is 467 g/mol. The average molecular weight is 468 g/mol. The van der Waals surface area contributed by atoms with Crippen LogP contribution in [0.5, 0.6) is 17.2 Å². The fraction of sp³-hybridized carbons (Fsp3) is 0.120. The van der Waals surface area contributed by atoms with Crippen LogP contribution in [0.15, 0.2) is 71.4 Å². The fourth-order valence-corrected chi connectivity index (χ4v) is 3.39. The van der Waals surface area contributed by atoms with Crippen molar-refractivity contribution in [2.75, 3.05) is 14.2 Å². The zero-order valence-corrected chi connectivity index (χ0v) is 18.6. The predicted molar refractivity (Wildman–Crippen MR) is 122 cm³/mol. The third-order valence-corrected chi connectivity index (χ3v) is 5.18. The van der Waals surface area contributed by atoms with Gasteiger partial charge in [0.15, 0.2) is 17.2 Å². The molecule has 8 heteroatoms. The molecule has 1 heterocycles. The largest absolute Gasteiger partial charge is 0.493 e. The molecule has 0 saturated carbocycles. The molecule has 1 aliphatic heterocycles. The molecular weight excluding hydrogens is 449 g/mol. The van der Waals surface area contributed by atoms with E-state index in [1.165, 1.54) is 38.5 Å². The van der Waals surface area contributed by atoms with Gasteiger partial charge in [-0.05, 0) is 48.0 Å². The molecule has 0 saturated heterocycles. The van der Waals surface area contributed by atoms with Crippen LogP contribution >= 0.6 is 11.6 Å². The van der Waals surface area contributed by atoms with Gasteiger partial charge in [-0.3, -0.25) is 0 Å². The van der Waals surface area contributed by atoms with Crippen molar-refractivity contribution in [1.82, 2.24) is 0 Å². The van der Waals surface area contributed by atoms with Crippen molar-refractivity contribution < 1.29 is 28.1 Å². The lowest BCUT2D eigenvalue weighted by molar-refractivity contribution is -0.129. The second-order valence-corrected chi connectivity index (χ2v) is 7.39. The lowest BCUT2D eigenvalue weighted by Gasteiger charge is -2.16. The van der Waals surface area contributed by atoms with Crippen LogP contribution in [-0.4, -0.2) is 26.1 Å². The van der Waals surface area contributed by atoms with E-state index in [0.29, 0.717) is 33.4 Å². The minimum atomic E-state index is -0.647. The number of nitrogens with zero attached hydrogens (tertiary/aromatic N) is 1. The molecule has 1 aliphatic rings. The summed E-state index contributed by atoms with van der Waals surface area (Å²) in [6.45, 7) is 0.209. The van der Waals surface area contributed by atoms with Crippen LogP contribution in [0.25, 0.3) is 6.08 Å². The lowest BCUT2D eigenvalue weighted by Crippen LogP contribution is -2.05. The number of carbonyl (C=O) groups is 1. The standard InChI is InChI=1S/C25H19ClFNO5/c1-30-21-11-15(10-20-25(29)33-24(28-20)16-7-5-8-18(27)13-16)12-22(31-2)23(21)32-14-17-6-3-4-9-19(17)26/h3-13H,14H2,1-2H3. The van der Waals surface area contributed by atoms with Gasteiger partial charge in [0.2, 0.25) is 11.6 Å². The summed E-state index contributed by atoms with van der Waals surface area (Å²) < 4.78 is 35.6. The third kappa shape index (κ3) is 4.99. The molecule has 0 aromatic heterocycles. The molecule has 4 rings (SSSR count). The Morgan fingerprint density at radius 1 is 1.03 bits per heavy atom. The van der Waals surface area contributed by atoms with Crippen molar-refractivity contribution >= 4 is 29.5 Å². The number of carbonyl (C=O) groups excluding carboxylic acids is 1. The van der Waals surface area contributed by atoms with E-state index in [1.54, 1.807) is 24.3 Å². The summed E-state index contributed by atoms with van der Waals surface area (Å²) in [5.41, 5.74) is 1.81. The normalized spacial score (nSPS) is 14.1. The molecule has 0 unspecified atom stereocenters. The Morgan fingerprint density at radius 3 is 2.42 bits per heavy atom. The van der Waals surface area contributed by atoms with Crippen molar-refractivity contribution in [2.24, 2.45) is 4.99 Å². The minimum absolute atomic E-state index is 0.0318. The van der Waals surface area contributed by atoms with E-state index in [0.717, 1.165) is 5.56 Å². The van der Waals surface area contributed by atoms with Crippen molar-refractivity contribution in [1.29, 1.82) is 0 Å². The number of hydrogen-bond donors (Lipinski definition) is 0. The van der Waals surface area contributed by atoms with Gasteiger partial charge in [0.05, 0.1) is 14.2 Å². The van der Waals surface area contributed by atoms with E-state index in [2.05, 4.69) is 4.99 Å².